The van der Waals surface area contributed by atoms with Gasteiger partial charge < -0.3 is 5.32 Å². The number of hydrogen-bond acceptors (Lipinski definition) is 4. The molecule has 0 radical (unpaired) electrons. The van der Waals surface area contributed by atoms with E-state index in [-0.39, 0.29) is 24.1 Å². The Morgan fingerprint density at radius 1 is 1.25 bits per heavy atom. The molecular weight excluding hydrogens is 326 g/mol. The zero-order valence-electron chi connectivity index (χ0n) is 14.2. The van der Waals surface area contributed by atoms with Crippen LogP contribution in [0.2, 0.25) is 0 Å². The van der Waals surface area contributed by atoms with Gasteiger partial charge in [0.2, 0.25) is 0 Å². The first-order valence-corrected chi connectivity index (χ1v) is 9.89. The van der Waals surface area contributed by atoms with Crippen molar-refractivity contribution in [1.29, 1.82) is 0 Å². The van der Waals surface area contributed by atoms with Crippen LogP contribution in [0.15, 0.2) is 36.5 Å². The predicted octanol–water partition coefficient (Wildman–Crippen LogP) is 1.83. The molecule has 1 amide bonds. The highest BCUT2D eigenvalue weighted by Crippen LogP contribution is 2.20. The largest absolute Gasteiger partial charge is 0.351 e. The molecule has 2 rings (SSSR count). The Morgan fingerprint density at radius 2 is 1.92 bits per heavy atom. The summed E-state index contributed by atoms with van der Waals surface area (Å²) in [5.74, 6) is -0.248. The third-order valence-corrected chi connectivity index (χ3v) is 4.55. The van der Waals surface area contributed by atoms with Gasteiger partial charge in [-0.25, -0.2) is 8.42 Å². The molecule has 1 aromatic carbocycles. The monoisotopic (exact) mass is 349 g/mol. The lowest BCUT2D eigenvalue weighted by molar-refractivity contribution is 0.0954. The molecule has 0 aliphatic carbocycles. The van der Waals surface area contributed by atoms with Crippen molar-refractivity contribution in [3.8, 4) is 0 Å². The SMILES string of the molecule is CC(C)c1c(C(=O)NCCS(C)(=O)=O)cnn1Cc1ccccc1. The molecule has 1 N–H and O–H groups in total. The van der Waals surface area contributed by atoms with Gasteiger partial charge in [-0.2, -0.15) is 5.10 Å². The molecule has 0 fully saturated rings. The summed E-state index contributed by atoms with van der Waals surface area (Å²) in [7, 11) is -3.10. The molecule has 0 aliphatic rings. The molecule has 130 valence electrons. The van der Waals surface area contributed by atoms with E-state index in [4.69, 9.17) is 0 Å². The quantitative estimate of drug-likeness (QED) is 0.827. The number of amides is 1. The zero-order chi connectivity index (χ0) is 17.7. The second kappa shape index (κ2) is 7.61. The summed E-state index contributed by atoms with van der Waals surface area (Å²) in [5, 5.41) is 7.00. The minimum atomic E-state index is -3.10. The maximum Gasteiger partial charge on any atom is 0.254 e. The molecule has 6 nitrogen and oxygen atoms in total. The van der Waals surface area contributed by atoms with Gasteiger partial charge in [-0.1, -0.05) is 44.2 Å². The number of benzene rings is 1. The summed E-state index contributed by atoms with van der Waals surface area (Å²) in [6, 6.07) is 9.91. The first kappa shape index (κ1) is 18.2. The molecule has 1 aromatic heterocycles. The van der Waals surface area contributed by atoms with Gasteiger partial charge in [0.05, 0.1) is 29.8 Å². The van der Waals surface area contributed by atoms with Crippen molar-refractivity contribution >= 4 is 15.7 Å². The highest BCUT2D eigenvalue weighted by Gasteiger charge is 2.20. The van der Waals surface area contributed by atoms with Gasteiger partial charge in [-0.3, -0.25) is 9.48 Å². The van der Waals surface area contributed by atoms with E-state index in [0.717, 1.165) is 17.5 Å². The molecule has 0 saturated heterocycles. The summed E-state index contributed by atoms with van der Waals surface area (Å²) < 4.78 is 24.2. The van der Waals surface area contributed by atoms with Crippen molar-refractivity contribution < 1.29 is 13.2 Å². The lowest BCUT2D eigenvalue weighted by Crippen LogP contribution is -2.29. The number of nitrogens with one attached hydrogen (secondary N) is 1. The summed E-state index contributed by atoms with van der Waals surface area (Å²) >= 11 is 0. The Morgan fingerprint density at radius 3 is 2.50 bits per heavy atom. The van der Waals surface area contributed by atoms with Gasteiger partial charge in [0, 0.05) is 12.8 Å². The number of carbonyl (C=O) groups excluding carboxylic acids is 1. The van der Waals surface area contributed by atoms with E-state index in [2.05, 4.69) is 10.4 Å². The molecule has 0 spiro atoms. The van der Waals surface area contributed by atoms with Gasteiger partial charge in [0.25, 0.3) is 5.91 Å². The highest BCUT2D eigenvalue weighted by atomic mass is 32.2. The van der Waals surface area contributed by atoms with Gasteiger partial charge in [0.15, 0.2) is 0 Å². The van der Waals surface area contributed by atoms with Crippen LogP contribution in [0, 0.1) is 0 Å². The van der Waals surface area contributed by atoms with E-state index in [9.17, 15) is 13.2 Å². The normalized spacial score (nSPS) is 11.7. The van der Waals surface area contributed by atoms with E-state index >= 15 is 0 Å². The first-order valence-electron chi connectivity index (χ1n) is 7.83. The number of nitrogens with zero attached hydrogens (tertiary/aromatic N) is 2. The first-order chi connectivity index (χ1) is 11.3. The fraction of sp³-hybridized carbons (Fsp3) is 0.412. The van der Waals surface area contributed by atoms with Crippen molar-refractivity contribution in [1.82, 2.24) is 15.1 Å². The maximum absolute atomic E-state index is 12.4. The molecule has 7 heteroatoms. The van der Waals surface area contributed by atoms with E-state index in [1.807, 2.05) is 48.9 Å². The Bertz CT molecular complexity index is 796. The second-order valence-corrected chi connectivity index (χ2v) is 8.39. The number of carbonyl (C=O) groups is 1. The van der Waals surface area contributed by atoms with Crippen LogP contribution in [0.5, 0.6) is 0 Å². The standard InChI is InChI=1S/C17H23N3O3S/c1-13(2)16-15(17(21)18-9-10-24(3,22)23)11-19-20(16)12-14-7-5-4-6-8-14/h4-8,11,13H,9-10,12H2,1-3H3,(H,18,21). The van der Waals surface area contributed by atoms with Crippen molar-refractivity contribution in [3.63, 3.8) is 0 Å². The van der Waals surface area contributed by atoms with Crippen LogP contribution in [0.25, 0.3) is 0 Å². The van der Waals surface area contributed by atoms with Crippen LogP contribution < -0.4 is 5.32 Å². The Kier molecular flexibility index (Phi) is 5.77. The molecule has 0 aliphatic heterocycles. The number of hydrogen-bond donors (Lipinski definition) is 1. The second-order valence-electron chi connectivity index (χ2n) is 6.13. The number of aromatic nitrogens is 2. The van der Waals surface area contributed by atoms with Crippen LogP contribution in [0.1, 0.15) is 41.4 Å². The molecule has 0 atom stereocenters. The van der Waals surface area contributed by atoms with Gasteiger partial charge in [-0.05, 0) is 11.5 Å². The average Bonchev–Trinajstić information content (AvgIpc) is 2.90. The minimum Gasteiger partial charge on any atom is -0.351 e. The Balaban J connectivity index is 2.17. The minimum absolute atomic E-state index is 0.0755. The topological polar surface area (TPSA) is 81.1 Å². The lowest BCUT2D eigenvalue weighted by Gasteiger charge is -2.13. The summed E-state index contributed by atoms with van der Waals surface area (Å²) in [6.45, 7) is 4.70. The van der Waals surface area contributed by atoms with Crippen LogP contribution in [0.3, 0.4) is 0 Å². The molecule has 0 saturated carbocycles. The van der Waals surface area contributed by atoms with Crippen LogP contribution in [-0.4, -0.2) is 42.7 Å². The molecular formula is C17H23N3O3S. The van der Waals surface area contributed by atoms with Crippen molar-refractivity contribution in [2.24, 2.45) is 0 Å². The lowest BCUT2D eigenvalue weighted by atomic mass is 10.0. The predicted molar refractivity (Wildman–Crippen MR) is 93.9 cm³/mol. The average molecular weight is 349 g/mol. The Labute approximate surface area is 142 Å². The van der Waals surface area contributed by atoms with Crippen molar-refractivity contribution in [2.45, 2.75) is 26.3 Å². The molecule has 1 heterocycles. The fourth-order valence-corrected chi connectivity index (χ4v) is 2.98. The van der Waals surface area contributed by atoms with E-state index in [1.54, 1.807) is 6.20 Å². The molecule has 2 aromatic rings. The molecule has 24 heavy (non-hydrogen) atoms. The molecule has 0 unspecified atom stereocenters. The smallest absolute Gasteiger partial charge is 0.254 e. The third kappa shape index (κ3) is 4.92. The molecule has 0 bridgehead atoms. The van der Waals surface area contributed by atoms with Gasteiger partial charge >= 0.3 is 0 Å². The highest BCUT2D eigenvalue weighted by molar-refractivity contribution is 7.90. The van der Waals surface area contributed by atoms with E-state index in [0.29, 0.717) is 12.1 Å². The van der Waals surface area contributed by atoms with Crippen molar-refractivity contribution in [2.75, 3.05) is 18.6 Å². The van der Waals surface area contributed by atoms with Crippen LogP contribution in [0.4, 0.5) is 0 Å². The van der Waals surface area contributed by atoms with Crippen LogP contribution in [-0.2, 0) is 16.4 Å². The zero-order valence-corrected chi connectivity index (χ0v) is 15.0. The van der Waals surface area contributed by atoms with Gasteiger partial charge in [0.1, 0.15) is 9.84 Å². The number of rotatable bonds is 7. The van der Waals surface area contributed by atoms with Crippen LogP contribution >= 0.6 is 0 Å². The summed E-state index contributed by atoms with van der Waals surface area (Å²) in [5.41, 5.74) is 2.44. The van der Waals surface area contributed by atoms with Crippen molar-refractivity contribution in [3.05, 3.63) is 53.3 Å². The third-order valence-electron chi connectivity index (χ3n) is 3.61. The number of sulfone groups is 1. The Hall–Kier alpha value is -2.15. The van der Waals surface area contributed by atoms with Gasteiger partial charge in [-0.15, -0.1) is 0 Å². The fourth-order valence-electron chi connectivity index (χ4n) is 2.51. The summed E-state index contributed by atoms with van der Waals surface area (Å²) in [4.78, 5) is 12.4. The van der Waals surface area contributed by atoms with E-state index in [1.165, 1.54) is 0 Å². The maximum atomic E-state index is 12.4. The summed E-state index contributed by atoms with van der Waals surface area (Å²) in [6.07, 6.45) is 2.70. The van der Waals surface area contributed by atoms with E-state index < -0.39 is 9.84 Å².